The molecular weight excluding hydrogens is 454 g/mol. The van der Waals surface area contributed by atoms with Crippen molar-refractivity contribution in [3.63, 3.8) is 0 Å². The van der Waals surface area contributed by atoms with Gasteiger partial charge >= 0.3 is 0 Å². The Balaban J connectivity index is 1.42. The molecule has 2 fully saturated rings. The first-order chi connectivity index (χ1) is 17.2. The number of carbonyl (C=O) groups excluding carboxylic acids is 1. The van der Waals surface area contributed by atoms with Crippen LogP contribution in [0.3, 0.4) is 0 Å². The summed E-state index contributed by atoms with van der Waals surface area (Å²) in [6.07, 6.45) is 5.06. The molecule has 36 heavy (non-hydrogen) atoms. The second kappa shape index (κ2) is 10.6. The molecule has 3 atom stereocenters. The topological polar surface area (TPSA) is 88.6 Å². The van der Waals surface area contributed by atoms with E-state index in [2.05, 4.69) is 60.1 Å². The van der Waals surface area contributed by atoms with Crippen molar-refractivity contribution in [3.8, 4) is 11.5 Å². The van der Waals surface area contributed by atoms with Crippen molar-refractivity contribution in [3.05, 3.63) is 36.2 Å². The van der Waals surface area contributed by atoms with Gasteiger partial charge in [0.25, 0.3) is 5.91 Å². The summed E-state index contributed by atoms with van der Waals surface area (Å²) >= 11 is 0. The summed E-state index contributed by atoms with van der Waals surface area (Å²) in [6.45, 7) is 14.7. The normalized spacial score (nSPS) is 24.1. The van der Waals surface area contributed by atoms with E-state index >= 15 is 0 Å². The molecule has 0 spiro atoms. The van der Waals surface area contributed by atoms with Gasteiger partial charge in [-0.15, -0.1) is 0 Å². The van der Waals surface area contributed by atoms with Crippen LogP contribution in [-0.4, -0.2) is 60.2 Å². The van der Waals surface area contributed by atoms with Crippen LogP contribution in [-0.2, 0) is 0 Å². The Morgan fingerprint density at radius 2 is 1.94 bits per heavy atom. The molecule has 4 rings (SSSR count). The van der Waals surface area contributed by atoms with Crippen LogP contribution < -0.4 is 20.1 Å². The third-order valence-electron chi connectivity index (χ3n) is 8.97. The van der Waals surface area contributed by atoms with Crippen LogP contribution in [0.15, 0.2) is 30.5 Å². The quantitative estimate of drug-likeness (QED) is 0.459. The fourth-order valence-corrected chi connectivity index (χ4v) is 6.02. The molecule has 8 nitrogen and oxygen atoms in total. The second-order valence-corrected chi connectivity index (χ2v) is 10.8. The standard InChI is InChI=1S/C28H41N5O3/c1-7-33(8-2)15-16-36-23-18-20(9-10-22(23)35-6)30-26-29-14-12-21(31-26)25(34)32-24-17-19-11-13-28(24,5)27(19,3)4/h9-10,12,14,18-19,24H,7-8,11,13,15-17H2,1-6H3,(H,32,34)(H,29,30,31). The zero-order chi connectivity index (χ0) is 25.9. The van der Waals surface area contributed by atoms with Crippen molar-refractivity contribution >= 4 is 17.5 Å². The molecule has 2 aliphatic rings. The molecule has 1 heterocycles. The number of rotatable bonds is 11. The lowest BCUT2D eigenvalue weighted by molar-refractivity contribution is 0.0821. The van der Waals surface area contributed by atoms with E-state index in [0.717, 1.165) is 38.2 Å². The summed E-state index contributed by atoms with van der Waals surface area (Å²) in [4.78, 5) is 24.2. The number of methoxy groups -OCH3 is 1. The predicted octanol–water partition coefficient (Wildman–Crippen LogP) is 4.89. The van der Waals surface area contributed by atoms with Gasteiger partial charge in [-0.25, -0.2) is 9.97 Å². The minimum absolute atomic E-state index is 0.117. The molecule has 196 valence electrons. The van der Waals surface area contributed by atoms with E-state index in [1.54, 1.807) is 19.4 Å². The number of amides is 1. The largest absolute Gasteiger partial charge is 0.493 e. The maximum absolute atomic E-state index is 13.1. The zero-order valence-electron chi connectivity index (χ0n) is 22.6. The lowest BCUT2D eigenvalue weighted by atomic mass is 9.69. The molecule has 0 radical (unpaired) electrons. The molecule has 0 saturated heterocycles. The van der Waals surface area contributed by atoms with Crippen molar-refractivity contribution in [2.75, 3.05) is 38.7 Å². The van der Waals surface area contributed by atoms with Crippen molar-refractivity contribution < 1.29 is 14.3 Å². The molecule has 1 amide bonds. The lowest BCUT2D eigenvalue weighted by Gasteiger charge is -2.39. The minimum atomic E-state index is -0.148. The Bertz CT molecular complexity index is 1070. The average Bonchev–Trinajstić information content (AvgIpc) is 3.20. The molecule has 2 saturated carbocycles. The van der Waals surface area contributed by atoms with Gasteiger partial charge in [-0.05, 0) is 67.3 Å². The number of carbonyl (C=O) groups is 1. The maximum Gasteiger partial charge on any atom is 0.270 e. The first-order valence-electron chi connectivity index (χ1n) is 13.2. The molecule has 2 aromatic rings. The molecule has 2 N–H and O–H groups in total. The highest BCUT2D eigenvalue weighted by molar-refractivity contribution is 5.92. The number of fused-ring (bicyclic) bond motifs is 2. The van der Waals surface area contributed by atoms with E-state index in [0.29, 0.717) is 35.7 Å². The predicted molar refractivity (Wildman–Crippen MR) is 142 cm³/mol. The van der Waals surface area contributed by atoms with Crippen molar-refractivity contribution in [1.29, 1.82) is 0 Å². The van der Waals surface area contributed by atoms with Gasteiger partial charge in [-0.2, -0.15) is 0 Å². The first kappa shape index (κ1) is 26.2. The minimum Gasteiger partial charge on any atom is -0.493 e. The van der Waals surface area contributed by atoms with Crippen LogP contribution in [0.2, 0.25) is 0 Å². The van der Waals surface area contributed by atoms with Gasteiger partial charge in [-0.3, -0.25) is 4.79 Å². The number of hydrogen-bond acceptors (Lipinski definition) is 7. The maximum atomic E-state index is 13.1. The van der Waals surface area contributed by atoms with Gasteiger partial charge in [0.05, 0.1) is 7.11 Å². The summed E-state index contributed by atoms with van der Waals surface area (Å²) in [5.41, 5.74) is 1.48. The van der Waals surface area contributed by atoms with Crippen molar-refractivity contribution in [2.24, 2.45) is 16.7 Å². The molecule has 0 aliphatic heterocycles. The Hall–Kier alpha value is -2.87. The van der Waals surface area contributed by atoms with Gasteiger partial charge in [0.1, 0.15) is 12.3 Å². The van der Waals surface area contributed by atoms with Crippen LogP contribution in [0, 0.1) is 16.7 Å². The fraction of sp³-hybridized carbons (Fsp3) is 0.607. The summed E-state index contributed by atoms with van der Waals surface area (Å²) in [5.74, 6) is 2.19. The van der Waals surface area contributed by atoms with Crippen LogP contribution in [0.5, 0.6) is 11.5 Å². The third-order valence-corrected chi connectivity index (χ3v) is 8.97. The molecule has 2 bridgehead atoms. The highest BCUT2D eigenvalue weighted by Gasteiger charge is 2.61. The van der Waals surface area contributed by atoms with Crippen LogP contribution in [0.25, 0.3) is 0 Å². The number of aromatic nitrogens is 2. The highest BCUT2D eigenvalue weighted by Crippen LogP contribution is 2.65. The van der Waals surface area contributed by atoms with Gasteiger partial charge in [-0.1, -0.05) is 34.6 Å². The molecule has 1 aromatic heterocycles. The SMILES string of the molecule is CCN(CC)CCOc1cc(Nc2nccc(C(=O)NC3CC4CCC3(C)C4(C)C)n2)ccc1OC. The Morgan fingerprint density at radius 3 is 2.58 bits per heavy atom. The summed E-state index contributed by atoms with van der Waals surface area (Å²) < 4.78 is 11.5. The molecule has 1 aromatic carbocycles. The van der Waals surface area contributed by atoms with Gasteiger partial charge in [0.15, 0.2) is 11.5 Å². The average molecular weight is 496 g/mol. The second-order valence-electron chi connectivity index (χ2n) is 10.8. The monoisotopic (exact) mass is 495 g/mol. The third kappa shape index (κ3) is 5.01. The number of nitrogens with one attached hydrogen (secondary N) is 2. The number of hydrogen-bond donors (Lipinski definition) is 2. The number of nitrogens with zero attached hydrogens (tertiary/aromatic N) is 3. The summed E-state index contributed by atoms with van der Waals surface area (Å²) in [5, 5.41) is 6.49. The summed E-state index contributed by atoms with van der Waals surface area (Å²) in [7, 11) is 1.63. The number of likely N-dealkylation sites (N-methyl/N-ethyl adjacent to an activating group) is 1. The van der Waals surface area contributed by atoms with E-state index in [4.69, 9.17) is 9.47 Å². The Kier molecular flexibility index (Phi) is 7.73. The van der Waals surface area contributed by atoms with Crippen LogP contribution >= 0.6 is 0 Å². The fourth-order valence-electron chi connectivity index (χ4n) is 6.02. The molecule has 3 unspecified atom stereocenters. The van der Waals surface area contributed by atoms with E-state index in [1.807, 2.05) is 18.2 Å². The molecule has 2 aliphatic carbocycles. The van der Waals surface area contributed by atoms with Gasteiger partial charge in [0, 0.05) is 30.5 Å². The first-order valence-corrected chi connectivity index (χ1v) is 13.2. The zero-order valence-corrected chi connectivity index (χ0v) is 22.6. The Morgan fingerprint density at radius 1 is 1.17 bits per heavy atom. The smallest absolute Gasteiger partial charge is 0.270 e. The van der Waals surface area contributed by atoms with Gasteiger partial charge < -0.3 is 25.0 Å². The van der Waals surface area contributed by atoms with E-state index in [9.17, 15) is 4.79 Å². The van der Waals surface area contributed by atoms with Crippen LogP contribution in [0.4, 0.5) is 11.6 Å². The number of ether oxygens (including phenoxy) is 2. The molecule has 8 heteroatoms. The van der Waals surface area contributed by atoms with E-state index < -0.39 is 0 Å². The van der Waals surface area contributed by atoms with E-state index in [-0.39, 0.29) is 22.8 Å². The van der Waals surface area contributed by atoms with Gasteiger partial charge in [0.2, 0.25) is 5.95 Å². The lowest BCUT2D eigenvalue weighted by Crippen LogP contribution is -2.47. The Labute approximate surface area is 215 Å². The summed E-state index contributed by atoms with van der Waals surface area (Å²) in [6, 6.07) is 7.43. The highest BCUT2D eigenvalue weighted by atomic mass is 16.5. The number of benzene rings is 1. The number of anilines is 2. The van der Waals surface area contributed by atoms with E-state index in [1.165, 1.54) is 6.42 Å². The van der Waals surface area contributed by atoms with Crippen molar-refractivity contribution in [1.82, 2.24) is 20.2 Å². The van der Waals surface area contributed by atoms with Crippen molar-refractivity contribution in [2.45, 2.75) is 59.9 Å². The molecular formula is C28H41N5O3. The van der Waals surface area contributed by atoms with Crippen LogP contribution in [0.1, 0.15) is 64.4 Å².